The van der Waals surface area contributed by atoms with E-state index < -0.39 is 0 Å². The Morgan fingerprint density at radius 1 is 1.40 bits per heavy atom. The molecule has 1 aromatic rings. The lowest BCUT2D eigenvalue weighted by Gasteiger charge is -2.30. The topological polar surface area (TPSA) is 23.5 Å². The van der Waals surface area contributed by atoms with Crippen LogP contribution in [0.3, 0.4) is 0 Å². The molecular weight excluding hydrogens is 266 g/mol. The highest BCUT2D eigenvalue weighted by atomic mass is 32.1. The average molecular weight is 291 g/mol. The second kappa shape index (κ2) is 7.83. The first-order valence-corrected chi connectivity index (χ1v) is 8.48. The van der Waals surface area contributed by atoms with Gasteiger partial charge in [0.25, 0.3) is 0 Å². The second-order valence-corrected chi connectivity index (χ2v) is 6.98. The van der Waals surface area contributed by atoms with Gasteiger partial charge in [0.2, 0.25) is 0 Å². The Labute approximate surface area is 126 Å². The van der Waals surface area contributed by atoms with Crippen LogP contribution in [0.1, 0.15) is 50.0 Å². The van der Waals surface area contributed by atoms with E-state index in [0.29, 0.717) is 5.92 Å². The molecule has 0 atom stereocenters. The van der Waals surface area contributed by atoms with Gasteiger partial charge < -0.3 is 5.11 Å². The normalized spacial score (nSPS) is 15.8. The quantitative estimate of drug-likeness (QED) is 0.839. The van der Waals surface area contributed by atoms with E-state index in [1.54, 1.807) is 11.3 Å². The predicted octanol–water partition coefficient (Wildman–Crippen LogP) is 3.49. The van der Waals surface area contributed by atoms with Gasteiger partial charge in [-0.15, -0.1) is 11.3 Å². The molecule has 2 rings (SSSR count). The van der Waals surface area contributed by atoms with Gasteiger partial charge in [-0.1, -0.05) is 38.5 Å². The number of nitrogens with zero attached hydrogens (tertiary/aromatic N) is 1. The van der Waals surface area contributed by atoms with Gasteiger partial charge in [-0.05, 0) is 30.2 Å². The zero-order valence-corrected chi connectivity index (χ0v) is 13.4. The van der Waals surface area contributed by atoms with Crippen molar-refractivity contribution < 1.29 is 5.11 Å². The minimum Gasteiger partial charge on any atom is -0.384 e. The Morgan fingerprint density at radius 3 is 2.80 bits per heavy atom. The number of hydrogen-bond donors (Lipinski definition) is 1. The van der Waals surface area contributed by atoms with Crippen LogP contribution in [0.4, 0.5) is 0 Å². The standard InChI is InChI=1S/C17H25NOS/c1-14(2)12-18(16-7-3-4-8-16)13-17-15(6-5-10-19)9-11-20-17/h9,11,14,16,19H,3-4,7-8,10,12-13H2,1-2H3. The van der Waals surface area contributed by atoms with Gasteiger partial charge in [0, 0.05) is 29.6 Å². The van der Waals surface area contributed by atoms with Crippen molar-refractivity contribution >= 4 is 11.3 Å². The summed E-state index contributed by atoms with van der Waals surface area (Å²) in [5, 5.41) is 11.0. The molecule has 1 aliphatic carbocycles. The summed E-state index contributed by atoms with van der Waals surface area (Å²) in [6.07, 6.45) is 5.44. The van der Waals surface area contributed by atoms with Crippen LogP contribution in [0.25, 0.3) is 0 Å². The van der Waals surface area contributed by atoms with Crippen LogP contribution in [0.15, 0.2) is 11.4 Å². The van der Waals surface area contributed by atoms with E-state index in [2.05, 4.69) is 42.0 Å². The fourth-order valence-corrected chi connectivity index (χ4v) is 3.83. The molecule has 0 bridgehead atoms. The number of aliphatic hydroxyl groups is 1. The molecule has 1 heterocycles. The molecular formula is C17H25NOS. The van der Waals surface area contributed by atoms with E-state index in [9.17, 15) is 0 Å². The van der Waals surface area contributed by atoms with Gasteiger partial charge in [0.05, 0.1) is 0 Å². The van der Waals surface area contributed by atoms with Gasteiger partial charge in [0.1, 0.15) is 6.61 Å². The van der Waals surface area contributed by atoms with Crippen molar-refractivity contribution in [1.82, 2.24) is 4.90 Å². The summed E-state index contributed by atoms with van der Waals surface area (Å²) in [4.78, 5) is 3.99. The third-order valence-corrected chi connectivity index (χ3v) is 4.74. The third kappa shape index (κ3) is 4.34. The SMILES string of the molecule is CC(C)CN(Cc1sccc1C#CCO)C1CCCC1. The van der Waals surface area contributed by atoms with Crippen LogP contribution < -0.4 is 0 Å². The highest BCUT2D eigenvalue weighted by Crippen LogP contribution is 2.27. The summed E-state index contributed by atoms with van der Waals surface area (Å²) >= 11 is 1.79. The maximum Gasteiger partial charge on any atom is 0.104 e. The number of hydrogen-bond acceptors (Lipinski definition) is 3. The van der Waals surface area contributed by atoms with Crippen molar-refractivity contribution in [3.8, 4) is 11.8 Å². The number of aliphatic hydroxyl groups excluding tert-OH is 1. The fraction of sp³-hybridized carbons (Fsp3) is 0.647. The molecule has 1 aliphatic rings. The first-order valence-electron chi connectivity index (χ1n) is 7.61. The van der Waals surface area contributed by atoms with E-state index in [-0.39, 0.29) is 6.61 Å². The van der Waals surface area contributed by atoms with Crippen LogP contribution in [0.2, 0.25) is 0 Å². The second-order valence-electron chi connectivity index (χ2n) is 5.98. The fourth-order valence-electron chi connectivity index (χ4n) is 2.97. The molecule has 0 spiro atoms. The van der Waals surface area contributed by atoms with Crippen molar-refractivity contribution in [3.05, 3.63) is 21.9 Å². The maximum absolute atomic E-state index is 8.85. The van der Waals surface area contributed by atoms with E-state index in [4.69, 9.17) is 5.11 Å². The Morgan fingerprint density at radius 2 is 2.15 bits per heavy atom. The van der Waals surface area contributed by atoms with Crippen LogP contribution in [0.5, 0.6) is 0 Å². The number of thiophene rings is 1. The van der Waals surface area contributed by atoms with Gasteiger partial charge in [-0.3, -0.25) is 4.90 Å². The van der Waals surface area contributed by atoms with Crippen molar-refractivity contribution in [1.29, 1.82) is 0 Å². The Kier molecular flexibility index (Phi) is 6.09. The van der Waals surface area contributed by atoms with Crippen LogP contribution in [0, 0.1) is 17.8 Å². The lowest BCUT2D eigenvalue weighted by atomic mass is 10.1. The van der Waals surface area contributed by atoms with Crippen molar-refractivity contribution in [2.45, 2.75) is 52.1 Å². The first kappa shape index (κ1) is 15.6. The van der Waals surface area contributed by atoms with Crippen LogP contribution in [-0.4, -0.2) is 29.2 Å². The monoisotopic (exact) mass is 291 g/mol. The molecule has 2 nitrogen and oxygen atoms in total. The Bertz CT molecular complexity index is 463. The van der Waals surface area contributed by atoms with Crippen LogP contribution in [-0.2, 0) is 6.54 Å². The van der Waals surface area contributed by atoms with Gasteiger partial charge in [0.15, 0.2) is 0 Å². The summed E-state index contributed by atoms with van der Waals surface area (Å²) in [5.41, 5.74) is 1.09. The molecule has 0 aromatic carbocycles. The third-order valence-electron chi connectivity index (χ3n) is 3.83. The molecule has 1 fully saturated rings. The van der Waals surface area contributed by atoms with Gasteiger partial charge in [-0.2, -0.15) is 0 Å². The van der Waals surface area contributed by atoms with Crippen molar-refractivity contribution in [2.24, 2.45) is 5.92 Å². The zero-order chi connectivity index (χ0) is 14.4. The van der Waals surface area contributed by atoms with E-state index >= 15 is 0 Å². The highest BCUT2D eigenvalue weighted by Gasteiger charge is 2.24. The van der Waals surface area contributed by atoms with Gasteiger partial charge in [-0.25, -0.2) is 0 Å². The number of rotatable bonds is 5. The molecule has 1 N–H and O–H groups in total. The molecule has 0 radical (unpaired) electrons. The Hall–Kier alpha value is -0.820. The van der Waals surface area contributed by atoms with E-state index in [1.165, 1.54) is 30.6 Å². The summed E-state index contributed by atoms with van der Waals surface area (Å²) in [5.74, 6) is 6.54. The predicted molar refractivity (Wildman–Crippen MR) is 85.8 cm³/mol. The molecule has 0 amide bonds. The first-order chi connectivity index (χ1) is 9.70. The van der Waals surface area contributed by atoms with Crippen LogP contribution >= 0.6 is 11.3 Å². The molecule has 1 aromatic heterocycles. The average Bonchev–Trinajstić information content (AvgIpc) is 3.06. The molecule has 110 valence electrons. The molecule has 20 heavy (non-hydrogen) atoms. The molecule has 3 heteroatoms. The van der Waals surface area contributed by atoms with Crippen molar-refractivity contribution in [3.63, 3.8) is 0 Å². The lowest BCUT2D eigenvalue weighted by Crippen LogP contribution is -2.35. The van der Waals surface area contributed by atoms with Crippen molar-refractivity contribution in [2.75, 3.05) is 13.2 Å². The molecule has 0 saturated heterocycles. The lowest BCUT2D eigenvalue weighted by molar-refractivity contribution is 0.170. The smallest absolute Gasteiger partial charge is 0.104 e. The summed E-state index contributed by atoms with van der Waals surface area (Å²) < 4.78 is 0. The molecule has 0 aliphatic heterocycles. The highest BCUT2D eigenvalue weighted by molar-refractivity contribution is 7.10. The van der Waals surface area contributed by atoms with Gasteiger partial charge >= 0.3 is 0 Å². The Balaban J connectivity index is 2.08. The summed E-state index contributed by atoms with van der Waals surface area (Å²) in [6, 6.07) is 2.82. The largest absolute Gasteiger partial charge is 0.384 e. The maximum atomic E-state index is 8.85. The summed E-state index contributed by atoms with van der Waals surface area (Å²) in [6.45, 7) is 6.70. The van der Waals surface area contributed by atoms with E-state index in [0.717, 1.165) is 24.7 Å². The zero-order valence-electron chi connectivity index (χ0n) is 12.6. The minimum atomic E-state index is -0.0619. The minimum absolute atomic E-state index is 0.0619. The summed E-state index contributed by atoms with van der Waals surface area (Å²) in [7, 11) is 0. The molecule has 0 unspecified atom stereocenters. The van der Waals surface area contributed by atoms with E-state index in [1.807, 2.05) is 0 Å². The molecule has 1 saturated carbocycles.